The molecule has 0 radical (unpaired) electrons. The average Bonchev–Trinajstić information content (AvgIpc) is 3.27. The highest BCUT2D eigenvalue weighted by molar-refractivity contribution is 7.89. The molecule has 1 aromatic carbocycles. The molecule has 0 spiro atoms. The molecule has 1 aliphatic rings. The molecule has 1 N–H and O–H groups in total. The summed E-state index contributed by atoms with van der Waals surface area (Å²) in [4.78, 5) is 24.1. The van der Waals surface area contributed by atoms with E-state index in [0.29, 0.717) is 17.1 Å². The van der Waals surface area contributed by atoms with Crippen LogP contribution in [0.15, 0.2) is 56.8 Å². The van der Waals surface area contributed by atoms with Crippen molar-refractivity contribution in [3.8, 4) is 11.6 Å². The molecule has 10 heteroatoms. The number of benzene rings is 1. The van der Waals surface area contributed by atoms with Crippen molar-refractivity contribution >= 4 is 15.8 Å². The van der Waals surface area contributed by atoms with E-state index >= 15 is 0 Å². The maximum absolute atomic E-state index is 12.7. The Labute approximate surface area is 167 Å². The number of rotatable bonds is 8. The zero-order valence-electron chi connectivity index (χ0n) is 15.7. The first-order valence-corrected chi connectivity index (χ1v) is 10.7. The van der Waals surface area contributed by atoms with Crippen LogP contribution in [0.1, 0.15) is 36.2 Å². The molecule has 9 nitrogen and oxygen atoms in total. The number of hydrogen-bond donors (Lipinski definition) is 1. The van der Waals surface area contributed by atoms with Gasteiger partial charge in [0, 0.05) is 18.2 Å². The van der Waals surface area contributed by atoms with E-state index in [1.54, 1.807) is 16.7 Å². The third kappa shape index (κ3) is 3.94. The summed E-state index contributed by atoms with van der Waals surface area (Å²) in [6.07, 6.45) is 3.33. The number of Topliss-reactive ketones (excluding diaryl/α,β-unsaturated/α-hetero) is 1. The topological polar surface area (TPSA) is 116 Å². The Morgan fingerprint density at radius 2 is 1.97 bits per heavy atom. The molecule has 2 aromatic heterocycles. The Morgan fingerprint density at radius 3 is 2.55 bits per heavy atom. The molecule has 1 aliphatic carbocycles. The Hall–Kier alpha value is -2.98. The van der Waals surface area contributed by atoms with Gasteiger partial charge in [-0.05, 0) is 44.0 Å². The van der Waals surface area contributed by atoms with Gasteiger partial charge in [-0.15, -0.1) is 5.10 Å². The third-order valence-corrected chi connectivity index (χ3v) is 6.19. The summed E-state index contributed by atoms with van der Waals surface area (Å²) in [6.45, 7) is 1.49. The fourth-order valence-electron chi connectivity index (χ4n) is 3.04. The number of nitrogens with one attached hydrogen (secondary N) is 1. The lowest BCUT2D eigenvalue weighted by Gasteiger charge is -2.07. The smallest absolute Gasteiger partial charge is 0.346 e. The highest BCUT2D eigenvalue weighted by Gasteiger charge is 2.31. The molecule has 3 aromatic rings. The standard InChI is InChI=1S/C19H20N4O5S/c1-13(24)14-4-8-16(9-5-14)29(26,27)20-10-11-22-19(25)23(15-6-7-15)18(21-22)17-3-2-12-28-17/h2-5,8-9,12,15,20H,6-7,10-11H2,1H3. The second-order valence-corrected chi connectivity index (χ2v) is 8.65. The minimum Gasteiger partial charge on any atom is -0.461 e. The number of furan rings is 1. The predicted molar refractivity (Wildman–Crippen MR) is 104 cm³/mol. The minimum atomic E-state index is -3.77. The summed E-state index contributed by atoms with van der Waals surface area (Å²) in [5, 5.41) is 4.34. The van der Waals surface area contributed by atoms with E-state index < -0.39 is 10.0 Å². The summed E-state index contributed by atoms with van der Waals surface area (Å²) in [5.41, 5.74) is 0.149. The summed E-state index contributed by atoms with van der Waals surface area (Å²) in [5.74, 6) is 0.809. The van der Waals surface area contributed by atoms with Crippen molar-refractivity contribution < 1.29 is 17.6 Å². The second-order valence-electron chi connectivity index (χ2n) is 6.89. The van der Waals surface area contributed by atoms with Crippen molar-refractivity contribution in [1.29, 1.82) is 0 Å². The van der Waals surface area contributed by atoms with Gasteiger partial charge in [-0.2, -0.15) is 0 Å². The molecular weight excluding hydrogens is 396 g/mol. The minimum absolute atomic E-state index is 0.00399. The molecule has 0 atom stereocenters. The number of carbonyl (C=O) groups is 1. The van der Waals surface area contributed by atoms with Crippen LogP contribution in [0.3, 0.4) is 0 Å². The third-order valence-electron chi connectivity index (χ3n) is 4.71. The number of sulfonamides is 1. The van der Waals surface area contributed by atoms with Crippen LogP contribution in [0.4, 0.5) is 0 Å². The SMILES string of the molecule is CC(=O)c1ccc(S(=O)(=O)NCCn2nc(-c3ccco3)n(C3CC3)c2=O)cc1. The monoisotopic (exact) mass is 416 g/mol. The van der Waals surface area contributed by atoms with E-state index in [2.05, 4.69) is 9.82 Å². The zero-order valence-corrected chi connectivity index (χ0v) is 16.6. The molecule has 152 valence electrons. The Morgan fingerprint density at radius 1 is 1.24 bits per heavy atom. The lowest BCUT2D eigenvalue weighted by atomic mass is 10.2. The van der Waals surface area contributed by atoms with E-state index in [1.165, 1.54) is 42.1 Å². The number of ketones is 1. The molecule has 0 aliphatic heterocycles. The van der Waals surface area contributed by atoms with Crippen LogP contribution >= 0.6 is 0 Å². The first kappa shape index (κ1) is 19.3. The van der Waals surface area contributed by atoms with Crippen LogP contribution in [-0.4, -0.2) is 35.1 Å². The number of hydrogen-bond acceptors (Lipinski definition) is 6. The normalized spacial score (nSPS) is 14.2. The predicted octanol–water partition coefficient (Wildman–Crippen LogP) is 1.82. The van der Waals surface area contributed by atoms with Crippen molar-refractivity contribution in [3.05, 3.63) is 58.7 Å². The molecule has 29 heavy (non-hydrogen) atoms. The van der Waals surface area contributed by atoms with Crippen molar-refractivity contribution in [2.24, 2.45) is 0 Å². The Kier molecular flexibility index (Phi) is 4.97. The fraction of sp³-hybridized carbons (Fsp3) is 0.316. The average molecular weight is 416 g/mol. The lowest BCUT2D eigenvalue weighted by molar-refractivity contribution is 0.101. The van der Waals surface area contributed by atoms with E-state index in [9.17, 15) is 18.0 Å². The molecule has 0 bridgehead atoms. The quantitative estimate of drug-likeness (QED) is 0.560. The van der Waals surface area contributed by atoms with Gasteiger partial charge < -0.3 is 4.42 Å². The molecule has 0 unspecified atom stereocenters. The van der Waals surface area contributed by atoms with E-state index in [-0.39, 0.29) is 35.5 Å². The van der Waals surface area contributed by atoms with Crippen molar-refractivity contribution in [3.63, 3.8) is 0 Å². The van der Waals surface area contributed by atoms with Crippen LogP contribution in [0.25, 0.3) is 11.6 Å². The number of aromatic nitrogens is 3. The fourth-order valence-corrected chi connectivity index (χ4v) is 4.06. The molecule has 1 fully saturated rings. The van der Waals surface area contributed by atoms with Crippen LogP contribution in [0.2, 0.25) is 0 Å². The van der Waals surface area contributed by atoms with Crippen molar-refractivity contribution in [1.82, 2.24) is 19.1 Å². The highest BCUT2D eigenvalue weighted by atomic mass is 32.2. The first-order valence-electron chi connectivity index (χ1n) is 9.21. The largest absolute Gasteiger partial charge is 0.461 e. The molecule has 1 saturated carbocycles. The van der Waals surface area contributed by atoms with Gasteiger partial charge in [0.15, 0.2) is 11.5 Å². The van der Waals surface area contributed by atoms with Gasteiger partial charge in [-0.1, -0.05) is 12.1 Å². The van der Waals surface area contributed by atoms with Crippen LogP contribution in [-0.2, 0) is 16.6 Å². The molecule has 0 saturated heterocycles. The van der Waals surface area contributed by atoms with Crippen LogP contribution in [0.5, 0.6) is 0 Å². The maximum atomic E-state index is 12.7. The van der Waals surface area contributed by atoms with Crippen LogP contribution in [0, 0.1) is 0 Å². The summed E-state index contributed by atoms with van der Waals surface area (Å²) < 4.78 is 35.6. The number of nitrogens with zero attached hydrogens (tertiary/aromatic N) is 3. The Balaban J connectivity index is 1.49. The first-order chi connectivity index (χ1) is 13.9. The van der Waals surface area contributed by atoms with Gasteiger partial charge in [0.2, 0.25) is 15.8 Å². The Bertz CT molecular complexity index is 1190. The van der Waals surface area contributed by atoms with Crippen molar-refractivity contribution in [2.75, 3.05) is 6.54 Å². The van der Waals surface area contributed by atoms with Gasteiger partial charge in [0.05, 0.1) is 17.7 Å². The molecule has 0 amide bonds. The van der Waals surface area contributed by atoms with Gasteiger partial charge in [-0.3, -0.25) is 9.36 Å². The molecule has 4 rings (SSSR count). The highest BCUT2D eigenvalue weighted by Crippen LogP contribution is 2.36. The van der Waals surface area contributed by atoms with Gasteiger partial charge in [-0.25, -0.2) is 22.6 Å². The summed E-state index contributed by atoms with van der Waals surface area (Å²) in [7, 11) is -3.77. The lowest BCUT2D eigenvalue weighted by Crippen LogP contribution is -2.32. The summed E-state index contributed by atoms with van der Waals surface area (Å²) >= 11 is 0. The van der Waals surface area contributed by atoms with Gasteiger partial charge in [0.25, 0.3) is 0 Å². The second kappa shape index (κ2) is 7.45. The number of carbonyl (C=O) groups excluding carboxylic acids is 1. The van der Waals surface area contributed by atoms with E-state index in [0.717, 1.165) is 12.8 Å². The van der Waals surface area contributed by atoms with Crippen molar-refractivity contribution in [2.45, 2.75) is 37.2 Å². The van der Waals surface area contributed by atoms with E-state index in [4.69, 9.17) is 4.42 Å². The molecular formula is C19H20N4O5S. The van der Waals surface area contributed by atoms with Gasteiger partial charge in [0.1, 0.15) is 0 Å². The summed E-state index contributed by atoms with van der Waals surface area (Å²) in [6, 6.07) is 9.25. The van der Waals surface area contributed by atoms with Gasteiger partial charge >= 0.3 is 5.69 Å². The van der Waals surface area contributed by atoms with Crippen LogP contribution < -0.4 is 10.4 Å². The zero-order chi connectivity index (χ0) is 20.6. The maximum Gasteiger partial charge on any atom is 0.346 e. The van der Waals surface area contributed by atoms with E-state index in [1.807, 2.05) is 0 Å². The molecule has 2 heterocycles.